The van der Waals surface area contributed by atoms with E-state index in [1.807, 2.05) is 24.3 Å². The molecule has 0 fully saturated rings. The number of benzene rings is 3. The van der Waals surface area contributed by atoms with Crippen LogP contribution in [0.4, 0.5) is 8.78 Å². The van der Waals surface area contributed by atoms with Crippen molar-refractivity contribution in [2.24, 2.45) is 0 Å². The maximum absolute atomic E-state index is 13.9. The van der Waals surface area contributed by atoms with Crippen LogP contribution in [0.15, 0.2) is 71.2 Å². The van der Waals surface area contributed by atoms with Gasteiger partial charge in [-0.15, -0.1) is 0 Å². The summed E-state index contributed by atoms with van der Waals surface area (Å²) in [4.78, 5) is 36.5. The standard InChI is InChI=1S/C21H19BrF2O6P2S/c22-20-10-15(6-9-19(20)21(23,24)32(28,29)30)13-33-12-14-4-7-16(8-5-14)17-2-1-3-18(11-17)31(25,26)27/h1-11H,12-13H2,(H2,25,26,27)(H2,28,29,30). The average Bonchev–Trinajstić information content (AvgIpc) is 2.73. The van der Waals surface area contributed by atoms with Crippen molar-refractivity contribution in [3.63, 3.8) is 0 Å². The Morgan fingerprint density at radius 2 is 1.42 bits per heavy atom. The zero-order valence-electron chi connectivity index (χ0n) is 16.8. The van der Waals surface area contributed by atoms with Crippen molar-refractivity contribution in [2.75, 3.05) is 0 Å². The minimum atomic E-state index is -5.64. The third-order valence-electron chi connectivity index (χ3n) is 4.73. The van der Waals surface area contributed by atoms with Gasteiger partial charge < -0.3 is 19.6 Å². The molecular formula is C21H19BrF2O6P2S. The summed E-state index contributed by atoms with van der Waals surface area (Å²) in [6, 6.07) is 17.5. The van der Waals surface area contributed by atoms with Crippen molar-refractivity contribution in [3.05, 3.63) is 87.9 Å². The van der Waals surface area contributed by atoms with Crippen molar-refractivity contribution in [1.29, 1.82) is 0 Å². The van der Waals surface area contributed by atoms with Gasteiger partial charge in [-0.1, -0.05) is 64.5 Å². The molecule has 0 bridgehead atoms. The number of hydrogen-bond donors (Lipinski definition) is 4. The monoisotopic (exact) mass is 578 g/mol. The first-order chi connectivity index (χ1) is 15.3. The van der Waals surface area contributed by atoms with Gasteiger partial charge >= 0.3 is 20.9 Å². The lowest BCUT2D eigenvalue weighted by Crippen LogP contribution is -2.14. The number of halogens is 3. The SMILES string of the molecule is O=P(O)(O)c1cccc(-c2ccc(CSCc3ccc(C(F)(F)P(=O)(O)O)c(Br)c3)cc2)c1. The summed E-state index contributed by atoms with van der Waals surface area (Å²) < 4.78 is 50.3. The van der Waals surface area contributed by atoms with Gasteiger partial charge in [0.05, 0.1) is 5.30 Å². The molecule has 176 valence electrons. The zero-order chi connectivity index (χ0) is 24.4. The van der Waals surface area contributed by atoms with Crippen LogP contribution in [-0.2, 0) is 26.3 Å². The molecule has 0 spiro atoms. The Hall–Kier alpha value is -1.35. The summed E-state index contributed by atoms with van der Waals surface area (Å²) in [6.07, 6.45) is 0. The molecular weight excluding hydrogens is 560 g/mol. The van der Waals surface area contributed by atoms with E-state index in [4.69, 9.17) is 9.79 Å². The van der Waals surface area contributed by atoms with E-state index in [9.17, 15) is 27.7 Å². The van der Waals surface area contributed by atoms with Crippen LogP contribution in [0.3, 0.4) is 0 Å². The number of alkyl halides is 2. The van der Waals surface area contributed by atoms with Gasteiger partial charge in [0, 0.05) is 21.5 Å². The summed E-state index contributed by atoms with van der Waals surface area (Å²) in [6.45, 7) is 0. The van der Waals surface area contributed by atoms with Crippen molar-refractivity contribution in [2.45, 2.75) is 17.2 Å². The van der Waals surface area contributed by atoms with E-state index in [-0.39, 0.29) is 9.78 Å². The molecule has 0 amide bonds. The summed E-state index contributed by atoms with van der Waals surface area (Å²) >= 11 is 4.51. The molecule has 0 aromatic heterocycles. The third kappa shape index (κ3) is 6.41. The van der Waals surface area contributed by atoms with Crippen LogP contribution in [-0.4, -0.2) is 19.6 Å². The Morgan fingerprint density at radius 3 is 2.00 bits per heavy atom. The molecule has 0 radical (unpaired) electrons. The predicted octanol–water partition coefficient (Wildman–Crippen LogP) is 5.58. The number of hydrogen-bond acceptors (Lipinski definition) is 3. The molecule has 4 N–H and O–H groups in total. The molecule has 0 saturated carbocycles. The fraction of sp³-hybridized carbons (Fsp3) is 0.143. The molecule has 3 aromatic carbocycles. The average molecular weight is 579 g/mol. The largest absolute Gasteiger partial charge is 0.399 e. The lowest BCUT2D eigenvalue weighted by molar-refractivity contribution is 0.0557. The van der Waals surface area contributed by atoms with E-state index in [1.54, 1.807) is 12.1 Å². The third-order valence-corrected chi connectivity index (χ3v) is 8.39. The highest BCUT2D eigenvalue weighted by atomic mass is 79.9. The maximum Gasteiger partial charge on any atom is 0.399 e. The molecule has 0 aliphatic heterocycles. The number of thioether (sulfide) groups is 1. The smallest absolute Gasteiger partial charge is 0.321 e. The van der Waals surface area contributed by atoms with E-state index in [1.165, 1.54) is 36.0 Å². The van der Waals surface area contributed by atoms with E-state index in [0.29, 0.717) is 22.6 Å². The molecule has 0 aliphatic carbocycles. The highest BCUT2D eigenvalue weighted by Gasteiger charge is 2.51. The molecule has 12 heteroatoms. The van der Waals surface area contributed by atoms with Gasteiger partial charge in [0.2, 0.25) is 0 Å². The van der Waals surface area contributed by atoms with Crippen LogP contribution in [0.25, 0.3) is 11.1 Å². The fourth-order valence-corrected chi connectivity index (χ4v) is 5.87. The van der Waals surface area contributed by atoms with Crippen molar-refractivity contribution in [1.82, 2.24) is 0 Å². The summed E-state index contributed by atoms with van der Waals surface area (Å²) in [7, 11) is -9.97. The van der Waals surface area contributed by atoms with Crippen LogP contribution in [0.5, 0.6) is 0 Å². The number of rotatable bonds is 8. The van der Waals surface area contributed by atoms with Gasteiger partial charge in [-0.25, -0.2) is 0 Å². The Labute approximate surface area is 201 Å². The Kier molecular flexibility index (Phi) is 8.04. The first kappa shape index (κ1) is 26.3. The molecule has 3 aromatic rings. The second kappa shape index (κ2) is 10.1. The molecule has 0 aliphatic rings. The van der Waals surface area contributed by atoms with Crippen molar-refractivity contribution < 1.29 is 37.5 Å². The van der Waals surface area contributed by atoms with Crippen molar-refractivity contribution >= 4 is 48.2 Å². The first-order valence-electron chi connectivity index (χ1n) is 9.34. The fourth-order valence-electron chi connectivity index (χ4n) is 3.00. The Bertz CT molecular complexity index is 1240. The maximum atomic E-state index is 13.9. The molecule has 0 atom stereocenters. The zero-order valence-corrected chi connectivity index (χ0v) is 21.0. The lowest BCUT2D eigenvalue weighted by atomic mass is 10.0. The molecule has 0 saturated heterocycles. The van der Waals surface area contributed by atoms with Crippen molar-refractivity contribution in [3.8, 4) is 11.1 Å². The van der Waals surface area contributed by atoms with Gasteiger partial charge in [-0.3, -0.25) is 9.13 Å². The van der Waals surface area contributed by atoms with Gasteiger partial charge in [0.1, 0.15) is 0 Å². The van der Waals surface area contributed by atoms with Gasteiger partial charge in [-0.2, -0.15) is 20.5 Å². The Morgan fingerprint density at radius 1 is 0.818 bits per heavy atom. The second-order valence-corrected chi connectivity index (χ2v) is 12.3. The molecule has 0 unspecified atom stereocenters. The quantitative estimate of drug-likeness (QED) is 0.258. The van der Waals surface area contributed by atoms with E-state index in [2.05, 4.69) is 15.9 Å². The van der Waals surface area contributed by atoms with Crippen LogP contribution in [0, 0.1) is 0 Å². The normalized spacial score (nSPS) is 12.7. The summed E-state index contributed by atoms with van der Waals surface area (Å²) in [5, 5.41) is -0.0460. The van der Waals surface area contributed by atoms with E-state index < -0.39 is 26.4 Å². The Balaban J connectivity index is 1.63. The van der Waals surface area contributed by atoms with Gasteiger partial charge in [0.15, 0.2) is 0 Å². The van der Waals surface area contributed by atoms with Crippen LogP contribution < -0.4 is 5.30 Å². The first-order valence-corrected chi connectivity index (χ1v) is 14.5. The van der Waals surface area contributed by atoms with E-state index >= 15 is 0 Å². The second-order valence-electron chi connectivity index (χ2n) is 7.18. The lowest BCUT2D eigenvalue weighted by Gasteiger charge is -2.19. The predicted molar refractivity (Wildman–Crippen MR) is 129 cm³/mol. The van der Waals surface area contributed by atoms with Crippen LogP contribution in [0.1, 0.15) is 16.7 Å². The summed E-state index contributed by atoms with van der Waals surface area (Å²) in [5.41, 5.74) is -1.83. The van der Waals surface area contributed by atoms with E-state index in [0.717, 1.165) is 17.2 Å². The molecule has 6 nitrogen and oxygen atoms in total. The van der Waals surface area contributed by atoms with Crippen LogP contribution in [0.2, 0.25) is 0 Å². The van der Waals surface area contributed by atoms with Gasteiger partial charge in [0.25, 0.3) is 0 Å². The topological polar surface area (TPSA) is 115 Å². The van der Waals surface area contributed by atoms with Crippen LogP contribution >= 0.6 is 42.9 Å². The highest BCUT2D eigenvalue weighted by molar-refractivity contribution is 9.10. The minimum Gasteiger partial charge on any atom is -0.321 e. The molecule has 33 heavy (non-hydrogen) atoms. The highest BCUT2D eigenvalue weighted by Crippen LogP contribution is 2.60. The minimum absolute atomic E-state index is 0.0460. The van der Waals surface area contributed by atoms with Gasteiger partial charge in [-0.05, 0) is 40.5 Å². The molecule has 0 heterocycles. The summed E-state index contributed by atoms with van der Waals surface area (Å²) in [5.74, 6) is 1.12. The molecule has 3 rings (SSSR count).